The Morgan fingerprint density at radius 2 is 1.93 bits per heavy atom. The monoisotopic (exact) mass is 205 g/mol. The molecule has 0 amide bonds. The summed E-state index contributed by atoms with van der Waals surface area (Å²) in [6.07, 6.45) is 0.667. The molecule has 0 saturated carbocycles. The minimum atomic E-state index is 0.127. The molecule has 0 saturated heterocycles. The number of hydrogen-bond acceptors (Lipinski definition) is 4. The van der Waals surface area contributed by atoms with E-state index in [9.17, 15) is 4.79 Å². The molecule has 0 aromatic rings. The number of carbonyl (C=O) groups excluding carboxylic acids is 1. The lowest BCUT2D eigenvalue weighted by Crippen LogP contribution is -2.22. The van der Waals surface area contributed by atoms with E-state index >= 15 is 0 Å². The van der Waals surface area contributed by atoms with Gasteiger partial charge in [0, 0.05) is 19.6 Å². The van der Waals surface area contributed by atoms with E-state index in [0.717, 1.165) is 0 Å². The maximum atomic E-state index is 9.81. The third kappa shape index (κ3) is 22.6. The van der Waals surface area contributed by atoms with E-state index in [1.54, 1.807) is 14.0 Å². The summed E-state index contributed by atoms with van der Waals surface area (Å²) >= 11 is 0. The standard InChI is InChI=1S/C6H15NO2.C4H8O/c1-6(7)5-9-4-3-8-2;1-3-4(2)5/h6H,3-5,7H2,1-2H3;3H2,1-2H3. The van der Waals surface area contributed by atoms with Crippen molar-refractivity contribution in [2.24, 2.45) is 5.73 Å². The lowest BCUT2D eigenvalue weighted by Gasteiger charge is -2.04. The number of ketones is 1. The fourth-order valence-corrected chi connectivity index (χ4v) is 0.411. The Labute approximate surface area is 86.8 Å². The van der Waals surface area contributed by atoms with Gasteiger partial charge in [0.1, 0.15) is 5.78 Å². The minimum absolute atomic E-state index is 0.127. The van der Waals surface area contributed by atoms with Crippen LogP contribution in [0, 0.1) is 0 Å². The van der Waals surface area contributed by atoms with E-state index in [1.807, 2.05) is 13.8 Å². The van der Waals surface area contributed by atoms with Crippen LogP contribution in [-0.4, -0.2) is 38.8 Å². The summed E-state index contributed by atoms with van der Waals surface area (Å²) < 4.78 is 9.84. The predicted octanol–water partition coefficient (Wildman–Crippen LogP) is 0.982. The summed E-state index contributed by atoms with van der Waals surface area (Å²) in [7, 11) is 1.65. The highest BCUT2D eigenvalue weighted by molar-refractivity contribution is 5.74. The molecule has 1 atom stereocenters. The van der Waals surface area contributed by atoms with Crippen LogP contribution >= 0.6 is 0 Å². The summed E-state index contributed by atoms with van der Waals surface area (Å²) in [6.45, 7) is 7.24. The highest BCUT2D eigenvalue weighted by Gasteiger charge is 1.91. The minimum Gasteiger partial charge on any atom is -0.382 e. The van der Waals surface area contributed by atoms with Crippen molar-refractivity contribution < 1.29 is 14.3 Å². The molecule has 86 valence electrons. The van der Waals surface area contributed by atoms with Crippen molar-refractivity contribution in [3.05, 3.63) is 0 Å². The molecule has 0 aliphatic rings. The van der Waals surface area contributed by atoms with E-state index in [2.05, 4.69) is 0 Å². The fraction of sp³-hybridized carbons (Fsp3) is 0.900. The topological polar surface area (TPSA) is 61.5 Å². The number of nitrogens with two attached hydrogens (primary N) is 1. The molecule has 0 bridgehead atoms. The van der Waals surface area contributed by atoms with Gasteiger partial charge in [0.25, 0.3) is 0 Å². The van der Waals surface area contributed by atoms with Crippen LogP contribution in [0.3, 0.4) is 0 Å². The third-order valence-corrected chi connectivity index (χ3v) is 1.31. The second-order valence-corrected chi connectivity index (χ2v) is 3.10. The molecular weight excluding hydrogens is 182 g/mol. The van der Waals surface area contributed by atoms with Gasteiger partial charge in [-0.25, -0.2) is 0 Å². The molecule has 4 nitrogen and oxygen atoms in total. The number of methoxy groups -OCH3 is 1. The second kappa shape index (κ2) is 12.6. The Morgan fingerprint density at radius 3 is 2.21 bits per heavy atom. The molecule has 0 aromatic carbocycles. The van der Waals surface area contributed by atoms with Gasteiger partial charge >= 0.3 is 0 Å². The van der Waals surface area contributed by atoms with Crippen LogP contribution in [0.2, 0.25) is 0 Å². The average Bonchev–Trinajstić information content (AvgIpc) is 2.13. The lowest BCUT2D eigenvalue weighted by atomic mass is 10.4. The summed E-state index contributed by atoms with van der Waals surface area (Å²) in [6, 6.07) is 0.127. The Balaban J connectivity index is 0. The third-order valence-electron chi connectivity index (χ3n) is 1.31. The first kappa shape index (κ1) is 16.0. The molecule has 14 heavy (non-hydrogen) atoms. The number of carbonyl (C=O) groups is 1. The van der Waals surface area contributed by atoms with Crippen LogP contribution < -0.4 is 5.73 Å². The zero-order valence-corrected chi connectivity index (χ0v) is 9.71. The van der Waals surface area contributed by atoms with Gasteiger partial charge < -0.3 is 20.0 Å². The van der Waals surface area contributed by atoms with Crippen molar-refractivity contribution in [2.75, 3.05) is 26.9 Å². The average molecular weight is 205 g/mol. The van der Waals surface area contributed by atoms with E-state index in [1.165, 1.54) is 0 Å². The summed E-state index contributed by atoms with van der Waals surface area (Å²) in [4.78, 5) is 9.81. The molecule has 0 aromatic heterocycles. The van der Waals surface area contributed by atoms with Gasteiger partial charge in [-0.3, -0.25) is 0 Å². The number of hydrogen-bond donors (Lipinski definition) is 1. The molecular formula is C10H23NO3. The fourth-order valence-electron chi connectivity index (χ4n) is 0.411. The van der Waals surface area contributed by atoms with Crippen LogP contribution in [0.4, 0.5) is 0 Å². The molecule has 0 rings (SSSR count). The first-order valence-electron chi connectivity index (χ1n) is 4.86. The van der Waals surface area contributed by atoms with E-state index in [4.69, 9.17) is 15.2 Å². The van der Waals surface area contributed by atoms with Gasteiger partial charge in [0.05, 0.1) is 19.8 Å². The number of ether oxygens (including phenoxy) is 2. The van der Waals surface area contributed by atoms with Gasteiger partial charge in [-0.15, -0.1) is 0 Å². The SMILES string of the molecule is CCC(C)=O.COCCOCC(C)N. The maximum absolute atomic E-state index is 9.81. The molecule has 0 fully saturated rings. The maximum Gasteiger partial charge on any atom is 0.129 e. The Kier molecular flexibility index (Phi) is 14.3. The molecule has 4 heteroatoms. The molecule has 0 heterocycles. The van der Waals surface area contributed by atoms with Gasteiger partial charge in [-0.1, -0.05) is 6.92 Å². The summed E-state index contributed by atoms with van der Waals surface area (Å²) in [5.41, 5.74) is 5.41. The second-order valence-electron chi connectivity index (χ2n) is 3.10. The van der Waals surface area contributed by atoms with Crippen LogP contribution in [0.15, 0.2) is 0 Å². The van der Waals surface area contributed by atoms with Crippen LogP contribution in [0.5, 0.6) is 0 Å². The van der Waals surface area contributed by atoms with Gasteiger partial charge in [0.2, 0.25) is 0 Å². The zero-order chi connectivity index (χ0) is 11.4. The largest absolute Gasteiger partial charge is 0.382 e. The van der Waals surface area contributed by atoms with E-state index in [-0.39, 0.29) is 11.8 Å². The zero-order valence-electron chi connectivity index (χ0n) is 9.71. The van der Waals surface area contributed by atoms with E-state index < -0.39 is 0 Å². The van der Waals surface area contributed by atoms with Crippen molar-refractivity contribution in [3.63, 3.8) is 0 Å². The molecule has 2 N–H and O–H groups in total. The normalized spacial score (nSPS) is 11.5. The highest BCUT2D eigenvalue weighted by atomic mass is 16.5. The van der Waals surface area contributed by atoms with Gasteiger partial charge in [0.15, 0.2) is 0 Å². The van der Waals surface area contributed by atoms with E-state index in [0.29, 0.717) is 26.2 Å². The molecule has 0 aliphatic heterocycles. The van der Waals surface area contributed by atoms with Crippen LogP contribution in [0.1, 0.15) is 27.2 Å². The Morgan fingerprint density at radius 1 is 1.43 bits per heavy atom. The number of rotatable bonds is 6. The first-order valence-corrected chi connectivity index (χ1v) is 4.86. The quantitative estimate of drug-likeness (QED) is 0.657. The molecule has 0 spiro atoms. The van der Waals surface area contributed by atoms with Crippen LogP contribution in [0.25, 0.3) is 0 Å². The lowest BCUT2D eigenvalue weighted by molar-refractivity contribution is -0.116. The van der Waals surface area contributed by atoms with Crippen molar-refractivity contribution in [1.29, 1.82) is 0 Å². The molecule has 1 unspecified atom stereocenters. The smallest absolute Gasteiger partial charge is 0.129 e. The first-order chi connectivity index (χ1) is 6.54. The van der Waals surface area contributed by atoms with Crippen LogP contribution in [-0.2, 0) is 14.3 Å². The van der Waals surface area contributed by atoms with Gasteiger partial charge in [-0.2, -0.15) is 0 Å². The number of Topliss-reactive ketones (excluding diaryl/α,β-unsaturated/α-hetero) is 1. The highest BCUT2D eigenvalue weighted by Crippen LogP contribution is 1.79. The van der Waals surface area contributed by atoms with Crippen molar-refractivity contribution in [3.8, 4) is 0 Å². The molecule has 0 aliphatic carbocycles. The predicted molar refractivity (Wildman–Crippen MR) is 57.3 cm³/mol. The Bertz CT molecular complexity index is 127. The Hall–Kier alpha value is -0.450. The summed E-state index contributed by atoms with van der Waals surface area (Å²) in [5.74, 6) is 0.255. The molecule has 0 radical (unpaired) electrons. The summed E-state index contributed by atoms with van der Waals surface area (Å²) in [5, 5.41) is 0. The van der Waals surface area contributed by atoms with Crippen molar-refractivity contribution >= 4 is 5.78 Å². The van der Waals surface area contributed by atoms with Crippen molar-refractivity contribution in [2.45, 2.75) is 33.2 Å². The van der Waals surface area contributed by atoms with Gasteiger partial charge in [-0.05, 0) is 13.8 Å². The van der Waals surface area contributed by atoms with Crippen molar-refractivity contribution in [1.82, 2.24) is 0 Å².